The Bertz CT molecular complexity index is 1070. The molecule has 5 nitrogen and oxygen atoms in total. The van der Waals surface area contributed by atoms with Crippen LogP contribution in [0, 0.1) is 0 Å². The first-order valence-corrected chi connectivity index (χ1v) is 13.2. The van der Waals surface area contributed by atoms with E-state index in [1.807, 2.05) is 47.0 Å². The molecule has 4 rings (SSSR count). The van der Waals surface area contributed by atoms with E-state index >= 15 is 0 Å². The molecular weight excluding hydrogens is 411 g/mol. The fourth-order valence-corrected chi connectivity index (χ4v) is 4.08. The Kier molecular flexibility index (Phi) is 5.14. The van der Waals surface area contributed by atoms with Crippen molar-refractivity contribution in [2.45, 2.75) is 32.8 Å². The van der Waals surface area contributed by atoms with Crippen LogP contribution in [0.2, 0.25) is 29.7 Å². The molecule has 0 saturated heterocycles. The molecule has 0 N–H and O–H groups in total. The molecule has 144 valence electrons. The van der Waals surface area contributed by atoms with Gasteiger partial charge in [0.05, 0.1) is 18.0 Å². The standard InChI is InChI=1S/C20H20Cl2N4OSi/c1-28(2,3)27-12-19-25-24-18-11-23-20(14-6-4-5-7-16(14)22)15-10-13(21)8-9-17(15)26(18)19/h4-10H,11-12H2,1-3H3. The third-order valence-electron chi connectivity index (χ3n) is 4.39. The summed E-state index contributed by atoms with van der Waals surface area (Å²) in [5.41, 5.74) is 3.49. The molecule has 0 fully saturated rings. The van der Waals surface area contributed by atoms with Crippen LogP contribution in [0.15, 0.2) is 47.5 Å². The van der Waals surface area contributed by atoms with Crippen molar-refractivity contribution in [1.82, 2.24) is 14.8 Å². The van der Waals surface area contributed by atoms with Crippen molar-refractivity contribution >= 4 is 37.2 Å². The average molecular weight is 431 g/mol. The molecule has 8 heteroatoms. The minimum absolute atomic E-state index is 0.396. The van der Waals surface area contributed by atoms with Crippen LogP contribution in [0.25, 0.3) is 5.69 Å². The summed E-state index contributed by atoms with van der Waals surface area (Å²) in [7, 11) is -1.69. The van der Waals surface area contributed by atoms with Crippen LogP contribution in [0.4, 0.5) is 0 Å². The van der Waals surface area contributed by atoms with Gasteiger partial charge in [-0.2, -0.15) is 0 Å². The van der Waals surface area contributed by atoms with Crippen LogP contribution in [-0.4, -0.2) is 28.8 Å². The third-order valence-corrected chi connectivity index (χ3v) is 5.97. The van der Waals surface area contributed by atoms with Gasteiger partial charge >= 0.3 is 0 Å². The molecule has 1 aromatic heterocycles. The summed E-state index contributed by atoms with van der Waals surface area (Å²) in [6.45, 7) is 7.26. The molecule has 0 amide bonds. The van der Waals surface area contributed by atoms with Gasteiger partial charge in [0.15, 0.2) is 20.0 Å². The number of benzene rings is 2. The lowest BCUT2D eigenvalue weighted by Crippen LogP contribution is -2.26. The first-order valence-electron chi connectivity index (χ1n) is 9.00. The van der Waals surface area contributed by atoms with E-state index in [2.05, 4.69) is 29.8 Å². The number of hydrogen-bond acceptors (Lipinski definition) is 4. The second-order valence-corrected chi connectivity index (χ2v) is 12.9. The highest BCUT2D eigenvalue weighted by Gasteiger charge is 2.25. The van der Waals surface area contributed by atoms with Gasteiger partial charge in [-0.05, 0) is 43.9 Å². The van der Waals surface area contributed by atoms with Crippen LogP contribution >= 0.6 is 23.2 Å². The van der Waals surface area contributed by atoms with Crippen molar-refractivity contribution in [3.8, 4) is 5.69 Å². The van der Waals surface area contributed by atoms with Crippen molar-refractivity contribution in [2.75, 3.05) is 0 Å². The molecule has 0 spiro atoms. The number of fused-ring (bicyclic) bond motifs is 3. The number of hydrogen-bond donors (Lipinski definition) is 0. The van der Waals surface area contributed by atoms with Crippen LogP contribution in [0.5, 0.6) is 0 Å². The maximum atomic E-state index is 6.47. The van der Waals surface area contributed by atoms with E-state index in [9.17, 15) is 0 Å². The second kappa shape index (κ2) is 7.44. The van der Waals surface area contributed by atoms with Crippen molar-refractivity contribution in [3.05, 3.63) is 75.3 Å². The van der Waals surface area contributed by atoms with Gasteiger partial charge < -0.3 is 4.43 Å². The lowest BCUT2D eigenvalue weighted by molar-refractivity contribution is 0.286. The quantitative estimate of drug-likeness (QED) is 0.529. The molecular formula is C20H20Cl2N4OSi. The minimum atomic E-state index is -1.69. The maximum absolute atomic E-state index is 6.47. The van der Waals surface area contributed by atoms with Gasteiger partial charge in [-0.25, -0.2) is 0 Å². The summed E-state index contributed by atoms with van der Waals surface area (Å²) in [6.07, 6.45) is 0. The molecule has 1 aliphatic rings. The zero-order valence-electron chi connectivity index (χ0n) is 15.9. The molecule has 2 aromatic carbocycles. The Morgan fingerprint density at radius 2 is 1.82 bits per heavy atom. The van der Waals surface area contributed by atoms with E-state index in [0.717, 1.165) is 34.2 Å². The van der Waals surface area contributed by atoms with Crippen LogP contribution in [0.3, 0.4) is 0 Å². The number of rotatable bonds is 4. The smallest absolute Gasteiger partial charge is 0.184 e. The van der Waals surface area contributed by atoms with Gasteiger partial charge in [-0.1, -0.05) is 41.4 Å². The van der Waals surface area contributed by atoms with Gasteiger partial charge in [-0.15, -0.1) is 10.2 Å². The minimum Gasteiger partial charge on any atom is -0.410 e. The summed E-state index contributed by atoms with van der Waals surface area (Å²) in [5.74, 6) is 1.52. The van der Waals surface area contributed by atoms with E-state index in [1.54, 1.807) is 0 Å². The molecule has 0 saturated carbocycles. The van der Waals surface area contributed by atoms with Crippen molar-refractivity contribution in [2.24, 2.45) is 4.99 Å². The van der Waals surface area contributed by atoms with Crippen molar-refractivity contribution in [3.63, 3.8) is 0 Å². The normalized spacial score (nSPS) is 13.5. The van der Waals surface area contributed by atoms with Gasteiger partial charge in [-0.3, -0.25) is 9.56 Å². The number of aromatic nitrogens is 3. The molecule has 3 aromatic rings. The van der Waals surface area contributed by atoms with Gasteiger partial charge in [0.2, 0.25) is 0 Å². The number of halogens is 2. The molecule has 0 radical (unpaired) electrons. The predicted octanol–water partition coefficient (Wildman–Crippen LogP) is 5.28. The molecule has 2 heterocycles. The summed E-state index contributed by atoms with van der Waals surface area (Å²) < 4.78 is 8.11. The zero-order valence-corrected chi connectivity index (χ0v) is 18.4. The summed E-state index contributed by atoms with van der Waals surface area (Å²) in [5, 5.41) is 10.0. The summed E-state index contributed by atoms with van der Waals surface area (Å²) in [4.78, 5) is 4.82. The highest BCUT2D eigenvalue weighted by Crippen LogP contribution is 2.30. The summed E-state index contributed by atoms with van der Waals surface area (Å²) >= 11 is 12.8. The Morgan fingerprint density at radius 3 is 2.57 bits per heavy atom. The lowest BCUT2D eigenvalue weighted by Gasteiger charge is -2.18. The monoisotopic (exact) mass is 430 g/mol. The van der Waals surface area contributed by atoms with Crippen molar-refractivity contribution in [1.29, 1.82) is 0 Å². The molecule has 0 unspecified atom stereocenters. The Labute approximate surface area is 175 Å². The lowest BCUT2D eigenvalue weighted by atomic mass is 10.0. The van der Waals surface area contributed by atoms with Crippen LogP contribution in [-0.2, 0) is 17.6 Å². The molecule has 0 atom stereocenters. The fourth-order valence-electron chi connectivity index (χ4n) is 3.12. The molecule has 28 heavy (non-hydrogen) atoms. The third kappa shape index (κ3) is 3.78. The zero-order chi connectivity index (χ0) is 19.9. The first-order chi connectivity index (χ1) is 13.3. The number of aliphatic imine (C=N–C) groups is 1. The van der Waals surface area contributed by atoms with Crippen molar-refractivity contribution < 1.29 is 4.43 Å². The molecule has 1 aliphatic heterocycles. The summed E-state index contributed by atoms with van der Waals surface area (Å²) in [6, 6.07) is 13.4. The molecule has 0 aliphatic carbocycles. The van der Waals surface area contributed by atoms with Gasteiger partial charge in [0.25, 0.3) is 0 Å². The van der Waals surface area contributed by atoms with E-state index < -0.39 is 8.32 Å². The van der Waals surface area contributed by atoms with E-state index in [-0.39, 0.29) is 0 Å². The second-order valence-electron chi connectivity index (χ2n) is 7.58. The Hall–Kier alpha value is -1.99. The van der Waals surface area contributed by atoms with E-state index in [1.165, 1.54) is 0 Å². The molecule has 0 bridgehead atoms. The average Bonchev–Trinajstić information content (AvgIpc) is 2.97. The highest BCUT2D eigenvalue weighted by molar-refractivity contribution is 6.69. The van der Waals surface area contributed by atoms with E-state index in [0.29, 0.717) is 23.2 Å². The van der Waals surface area contributed by atoms with Crippen LogP contribution in [0.1, 0.15) is 22.8 Å². The predicted molar refractivity (Wildman–Crippen MR) is 115 cm³/mol. The first kappa shape index (κ1) is 19.3. The SMILES string of the molecule is C[Si](C)(C)OCc1nnc2n1-c1ccc(Cl)cc1C(c1ccccc1Cl)=NC2. The largest absolute Gasteiger partial charge is 0.410 e. The topological polar surface area (TPSA) is 52.3 Å². The Balaban J connectivity index is 1.87. The number of nitrogens with zero attached hydrogens (tertiary/aromatic N) is 4. The Morgan fingerprint density at radius 1 is 1.04 bits per heavy atom. The maximum Gasteiger partial charge on any atom is 0.184 e. The fraction of sp³-hybridized carbons (Fsp3) is 0.250. The van der Waals surface area contributed by atoms with Gasteiger partial charge in [0, 0.05) is 21.2 Å². The van der Waals surface area contributed by atoms with Gasteiger partial charge in [0.1, 0.15) is 6.54 Å². The van der Waals surface area contributed by atoms with Crippen LogP contribution < -0.4 is 0 Å². The highest BCUT2D eigenvalue weighted by atomic mass is 35.5. The van der Waals surface area contributed by atoms with E-state index in [4.69, 9.17) is 32.6 Å².